The van der Waals surface area contributed by atoms with Crippen LogP contribution in [0.15, 0.2) is 42.5 Å². The molecule has 0 saturated heterocycles. The van der Waals surface area contributed by atoms with Crippen molar-refractivity contribution in [3.8, 4) is 0 Å². The molecule has 0 aliphatic carbocycles. The number of Topliss-reactive ketones (excluding diaryl/α,β-unsaturated/α-hetero) is 1. The number of nitro groups is 2. The maximum absolute atomic E-state index is 12.0. The molecule has 8 nitrogen and oxygen atoms in total. The zero-order chi connectivity index (χ0) is 17.0. The minimum atomic E-state index is -0.535. The Morgan fingerprint density at radius 1 is 1.00 bits per heavy atom. The minimum Gasteiger partial charge on any atom is -0.377 e. The molecular weight excluding hydrogens is 302 g/mol. The second kappa shape index (κ2) is 6.65. The van der Waals surface area contributed by atoms with Gasteiger partial charge in [-0.15, -0.1) is 0 Å². The number of nitro benzene ring substituents is 2. The van der Waals surface area contributed by atoms with Crippen LogP contribution in [-0.4, -0.2) is 22.2 Å². The summed E-state index contributed by atoms with van der Waals surface area (Å²) in [5.41, 5.74) is 1.51. The quantitative estimate of drug-likeness (QED) is 0.497. The number of anilines is 1. The van der Waals surface area contributed by atoms with Crippen LogP contribution in [0.2, 0.25) is 0 Å². The van der Waals surface area contributed by atoms with Crippen molar-refractivity contribution in [2.24, 2.45) is 0 Å². The molecule has 118 valence electrons. The van der Waals surface area contributed by atoms with Crippen LogP contribution in [0.1, 0.15) is 15.9 Å². The van der Waals surface area contributed by atoms with Gasteiger partial charge in [0, 0.05) is 35.5 Å². The van der Waals surface area contributed by atoms with Gasteiger partial charge >= 0.3 is 0 Å². The van der Waals surface area contributed by atoms with E-state index in [1.807, 2.05) is 0 Å². The second-order valence-electron chi connectivity index (χ2n) is 4.84. The predicted octanol–water partition coefficient (Wildman–Crippen LogP) is 3.11. The molecule has 0 aromatic heterocycles. The number of carbonyl (C=O) groups is 1. The Hall–Kier alpha value is -3.29. The molecule has 0 saturated carbocycles. The normalized spacial score (nSPS) is 10.1. The van der Waals surface area contributed by atoms with E-state index in [-0.39, 0.29) is 23.7 Å². The standard InChI is InChI=1S/C15H13N3O5/c1-10-8-13(18(22)23)6-7-14(10)16-9-15(19)11-2-4-12(5-3-11)17(20)21/h2-8,16H,9H2,1H3. The lowest BCUT2D eigenvalue weighted by Gasteiger charge is -2.08. The zero-order valence-electron chi connectivity index (χ0n) is 12.2. The highest BCUT2D eigenvalue weighted by molar-refractivity contribution is 5.99. The predicted molar refractivity (Wildman–Crippen MR) is 83.8 cm³/mol. The molecule has 8 heteroatoms. The van der Waals surface area contributed by atoms with E-state index in [0.717, 1.165) is 0 Å². The van der Waals surface area contributed by atoms with Gasteiger partial charge in [-0.2, -0.15) is 0 Å². The SMILES string of the molecule is Cc1cc([N+](=O)[O-])ccc1NCC(=O)c1ccc([N+](=O)[O-])cc1. The van der Waals surface area contributed by atoms with E-state index in [1.54, 1.807) is 6.92 Å². The molecule has 0 aliphatic heterocycles. The van der Waals surface area contributed by atoms with Crippen molar-refractivity contribution in [3.05, 3.63) is 73.8 Å². The number of aryl methyl sites for hydroxylation is 1. The smallest absolute Gasteiger partial charge is 0.269 e. The summed E-state index contributed by atoms with van der Waals surface area (Å²) in [4.78, 5) is 32.3. The summed E-state index contributed by atoms with van der Waals surface area (Å²) in [5.74, 6) is -0.238. The number of ketones is 1. The lowest BCUT2D eigenvalue weighted by atomic mass is 10.1. The third kappa shape index (κ3) is 3.88. The highest BCUT2D eigenvalue weighted by Crippen LogP contribution is 2.21. The number of nitrogens with one attached hydrogen (secondary N) is 1. The van der Waals surface area contributed by atoms with Gasteiger partial charge < -0.3 is 5.32 Å². The number of benzene rings is 2. The maximum Gasteiger partial charge on any atom is 0.269 e. The molecule has 2 aromatic rings. The van der Waals surface area contributed by atoms with Crippen molar-refractivity contribution in [1.29, 1.82) is 0 Å². The molecule has 0 fully saturated rings. The summed E-state index contributed by atoms with van der Waals surface area (Å²) in [7, 11) is 0. The molecule has 0 aliphatic rings. The summed E-state index contributed by atoms with van der Waals surface area (Å²) >= 11 is 0. The van der Waals surface area contributed by atoms with E-state index in [1.165, 1.54) is 42.5 Å². The Balaban J connectivity index is 2.04. The zero-order valence-corrected chi connectivity index (χ0v) is 12.2. The van der Waals surface area contributed by atoms with Crippen molar-refractivity contribution in [2.45, 2.75) is 6.92 Å². The van der Waals surface area contributed by atoms with Crippen LogP contribution < -0.4 is 5.32 Å². The molecule has 0 radical (unpaired) electrons. The number of hydrogen-bond donors (Lipinski definition) is 1. The van der Waals surface area contributed by atoms with Crippen molar-refractivity contribution >= 4 is 22.8 Å². The van der Waals surface area contributed by atoms with E-state index < -0.39 is 9.85 Å². The third-order valence-electron chi connectivity index (χ3n) is 3.26. The van der Waals surface area contributed by atoms with Gasteiger partial charge in [0.05, 0.1) is 16.4 Å². The fourth-order valence-electron chi connectivity index (χ4n) is 2.01. The molecule has 23 heavy (non-hydrogen) atoms. The van der Waals surface area contributed by atoms with E-state index >= 15 is 0 Å². The van der Waals surface area contributed by atoms with Crippen LogP contribution in [0.4, 0.5) is 17.1 Å². The summed E-state index contributed by atoms with van der Waals surface area (Å²) in [6, 6.07) is 9.63. The van der Waals surface area contributed by atoms with Crippen LogP contribution in [0.3, 0.4) is 0 Å². The van der Waals surface area contributed by atoms with E-state index in [9.17, 15) is 25.0 Å². The second-order valence-corrected chi connectivity index (χ2v) is 4.84. The van der Waals surface area contributed by atoms with E-state index in [0.29, 0.717) is 16.8 Å². The molecule has 0 spiro atoms. The molecule has 0 amide bonds. The van der Waals surface area contributed by atoms with Crippen LogP contribution >= 0.6 is 0 Å². The Kier molecular flexibility index (Phi) is 4.65. The highest BCUT2D eigenvalue weighted by atomic mass is 16.6. The molecule has 0 bridgehead atoms. The number of non-ortho nitro benzene ring substituents is 2. The third-order valence-corrected chi connectivity index (χ3v) is 3.26. The van der Waals surface area contributed by atoms with Crippen molar-refractivity contribution < 1.29 is 14.6 Å². The molecule has 0 atom stereocenters. The van der Waals surface area contributed by atoms with Gasteiger partial charge in [-0.3, -0.25) is 25.0 Å². The van der Waals surface area contributed by atoms with Crippen LogP contribution in [0, 0.1) is 27.2 Å². The molecule has 2 rings (SSSR count). The maximum atomic E-state index is 12.0. The van der Waals surface area contributed by atoms with Gasteiger partial charge in [0.25, 0.3) is 11.4 Å². The van der Waals surface area contributed by atoms with Gasteiger partial charge in [0.2, 0.25) is 0 Å². The Morgan fingerprint density at radius 2 is 1.57 bits per heavy atom. The van der Waals surface area contributed by atoms with Crippen molar-refractivity contribution in [3.63, 3.8) is 0 Å². The lowest BCUT2D eigenvalue weighted by Crippen LogP contribution is -2.14. The summed E-state index contributed by atoms with van der Waals surface area (Å²) in [6.45, 7) is 1.68. The Bertz CT molecular complexity index is 771. The Morgan fingerprint density at radius 3 is 2.09 bits per heavy atom. The fraction of sp³-hybridized carbons (Fsp3) is 0.133. The van der Waals surface area contributed by atoms with Crippen LogP contribution in [0.25, 0.3) is 0 Å². The largest absolute Gasteiger partial charge is 0.377 e. The Labute approximate surface area is 131 Å². The van der Waals surface area contributed by atoms with E-state index in [2.05, 4.69) is 5.32 Å². The monoisotopic (exact) mass is 315 g/mol. The van der Waals surface area contributed by atoms with E-state index in [4.69, 9.17) is 0 Å². The summed E-state index contributed by atoms with van der Waals surface area (Å²) in [6.07, 6.45) is 0. The van der Waals surface area contributed by atoms with Gasteiger partial charge in [0.15, 0.2) is 5.78 Å². The number of nitrogens with zero attached hydrogens (tertiary/aromatic N) is 2. The minimum absolute atomic E-state index is 0.0174. The first-order valence-corrected chi connectivity index (χ1v) is 6.65. The lowest BCUT2D eigenvalue weighted by molar-refractivity contribution is -0.385. The van der Waals surface area contributed by atoms with Crippen LogP contribution in [-0.2, 0) is 0 Å². The van der Waals surface area contributed by atoms with Gasteiger partial charge in [-0.1, -0.05) is 0 Å². The first-order valence-electron chi connectivity index (χ1n) is 6.65. The topological polar surface area (TPSA) is 115 Å². The molecule has 0 unspecified atom stereocenters. The van der Waals surface area contributed by atoms with Gasteiger partial charge in [0.1, 0.15) is 0 Å². The molecule has 0 heterocycles. The van der Waals surface area contributed by atoms with Crippen molar-refractivity contribution in [2.75, 3.05) is 11.9 Å². The first-order chi connectivity index (χ1) is 10.9. The average molecular weight is 315 g/mol. The molecular formula is C15H13N3O5. The van der Waals surface area contributed by atoms with Crippen molar-refractivity contribution in [1.82, 2.24) is 0 Å². The number of carbonyl (C=O) groups excluding carboxylic acids is 1. The average Bonchev–Trinajstić information content (AvgIpc) is 2.53. The molecule has 2 aromatic carbocycles. The fourth-order valence-corrected chi connectivity index (χ4v) is 2.01. The van der Waals surface area contributed by atoms with Crippen LogP contribution in [0.5, 0.6) is 0 Å². The van der Waals surface area contributed by atoms with Gasteiger partial charge in [-0.25, -0.2) is 0 Å². The molecule has 1 N–H and O–H groups in total. The van der Waals surface area contributed by atoms with Gasteiger partial charge in [-0.05, 0) is 30.7 Å². The first kappa shape index (κ1) is 16.1. The summed E-state index contributed by atoms with van der Waals surface area (Å²) < 4.78 is 0. The highest BCUT2D eigenvalue weighted by Gasteiger charge is 2.11. The summed E-state index contributed by atoms with van der Waals surface area (Å²) in [5, 5.41) is 24.1. The number of rotatable bonds is 6. The number of hydrogen-bond acceptors (Lipinski definition) is 6.